The standard InChI is InChI=1S/C20H19N3/c1-23(20-10-6-3-7-11-20)21-16-17-12-14-19(15-13-17)22-18-8-4-2-5-9-18/h2-16,22H,1H3/b21-16+. The fourth-order valence-corrected chi connectivity index (χ4v) is 2.20. The summed E-state index contributed by atoms with van der Waals surface area (Å²) in [5.41, 5.74) is 4.26. The maximum atomic E-state index is 4.47. The Balaban J connectivity index is 1.64. The van der Waals surface area contributed by atoms with Crippen molar-refractivity contribution >= 4 is 23.3 Å². The third-order valence-electron chi connectivity index (χ3n) is 3.48. The lowest BCUT2D eigenvalue weighted by Gasteiger charge is -2.12. The minimum absolute atomic E-state index is 1.06. The molecule has 114 valence electrons. The molecule has 0 atom stereocenters. The molecule has 3 aromatic carbocycles. The molecule has 0 saturated heterocycles. The van der Waals surface area contributed by atoms with Gasteiger partial charge in [-0.2, -0.15) is 5.10 Å². The summed E-state index contributed by atoms with van der Waals surface area (Å²) in [6.07, 6.45) is 1.86. The maximum Gasteiger partial charge on any atom is 0.0590 e. The van der Waals surface area contributed by atoms with Gasteiger partial charge in [-0.15, -0.1) is 0 Å². The Morgan fingerprint density at radius 3 is 1.96 bits per heavy atom. The Kier molecular flexibility index (Phi) is 4.69. The highest BCUT2D eigenvalue weighted by Crippen LogP contribution is 2.16. The first-order valence-corrected chi connectivity index (χ1v) is 7.56. The van der Waals surface area contributed by atoms with Gasteiger partial charge in [0.05, 0.1) is 11.9 Å². The Labute approximate surface area is 136 Å². The van der Waals surface area contributed by atoms with E-state index in [1.165, 1.54) is 0 Å². The van der Waals surface area contributed by atoms with Gasteiger partial charge in [0.15, 0.2) is 0 Å². The Morgan fingerprint density at radius 2 is 1.30 bits per heavy atom. The van der Waals surface area contributed by atoms with Gasteiger partial charge in [0.25, 0.3) is 0 Å². The Bertz CT molecular complexity index is 750. The smallest absolute Gasteiger partial charge is 0.0590 e. The van der Waals surface area contributed by atoms with Crippen LogP contribution in [0.2, 0.25) is 0 Å². The summed E-state index contributed by atoms with van der Waals surface area (Å²) in [6, 6.07) is 28.4. The lowest BCUT2D eigenvalue weighted by molar-refractivity contribution is 1.02. The zero-order valence-corrected chi connectivity index (χ0v) is 13.1. The lowest BCUT2D eigenvalue weighted by atomic mass is 10.2. The van der Waals surface area contributed by atoms with Crippen LogP contribution < -0.4 is 10.3 Å². The first kappa shape index (κ1) is 14.9. The molecule has 0 fully saturated rings. The highest BCUT2D eigenvalue weighted by molar-refractivity contribution is 5.81. The summed E-state index contributed by atoms with van der Waals surface area (Å²) in [6.45, 7) is 0. The van der Waals surface area contributed by atoms with Gasteiger partial charge in [-0.05, 0) is 42.0 Å². The van der Waals surface area contributed by atoms with E-state index in [0.29, 0.717) is 0 Å². The average Bonchev–Trinajstić information content (AvgIpc) is 2.62. The van der Waals surface area contributed by atoms with Gasteiger partial charge in [0.2, 0.25) is 0 Å². The van der Waals surface area contributed by atoms with Crippen molar-refractivity contribution in [2.75, 3.05) is 17.4 Å². The van der Waals surface area contributed by atoms with E-state index in [0.717, 1.165) is 22.6 Å². The van der Waals surface area contributed by atoms with Crippen molar-refractivity contribution in [2.45, 2.75) is 0 Å². The molecule has 3 aromatic rings. The number of hydrogen-bond acceptors (Lipinski definition) is 3. The number of para-hydroxylation sites is 2. The van der Waals surface area contributed by atoms with Gasteiger partial charge >= 0.3 is 0 Å². The first-order chi connectivity index (χ1) is 11.3. The summed E-state index contributed by atoms with van der Waals surface area (Å²) in [5.74, 6) is 0. The van der Waals surface area contributed by atoms with Gasteiger partial charge in [0, 0.05) is 18.4 Å². The van der Waals surface area contributed by atoms with Gasteiger partial charge in [0.1, 0.15) is 0 Å². The second-order valence-electron chi connectivity index (χ2n) is 5.22. The predicted molar refractivity (Wildman–Crippen MR) is 98.6 cm³/mol. The number of anilines is 3. The van der Waals surface area contributed by atoms with Gasteiger partial charge in [-0.1, -0.05) is 48.5 Å². The monoisotopic (exact) mass is 301 g/mol. The molecule has 3 nitrogen and oxygen atoms in total. The summed E-state index contributed by atoms with van der Waals surface area (Å²) in [4.78, 5) is 0. The van der Waals surface area contributed by atoms with E-state index in [2.05, 4.69) is 22.6 Å². The van der Waals surface area contributed by atoms with E-state index in [4.69, 9.17) is 0 Å². The predicted octanol–water partition coefficient (Wildman–Crippen LogP) is 4.90. The number of hydrazone groups is 1. The van der Waals surface area contributed by atoms with Crippen LogP contribution in [0, 0.1) is 0 Å². The molecule has 0 unspecified atom stereocenters. The van der Waals surface area contributed by atoms with E-state index < -0.39 is 0 Å². The number of rotatable bonds is 5. The van der Waals surface area contributed by atoms with Crippen molar-refractivity contribution in [2.24, 2.45) is 5.10 Å². The van der Waals surface area contributed by atoms with Gasteiger partial charge in [-0.3, -0.25) is 5.01 Å². The Hall–Kier alpha value is -3.07. The van der Waals surface area contributed by atoms with Crippen LogP contribution in [-0.4, -0.2) is 13.3 Å². The third kappa shape index (κ3) is 4.20. The van der Waals surface area contributed by atoms with Crippen molar-refractivity contribution in [3.8, 4) is 0 Å². The zero-order valence-electron chi connectivity index (χ0n) is 13.1. The van der Waals surface area contributed by atoms with E-state index in [9.17, 15) is 0 Å². The van der Waals surface area contributed by atoms with Crippen molar-refractivity contribution in [1.82, 2.24) is 0 Å². The second-order valence-corrected chi connectivity index (χ2v) is 5.22. The van der Waals surface area contributed by atoms with E-state index in [1.54, 1.807) is 0 Å². The summed E-state index contributed by atoms with van der Waals surface area (Å²) in [5, 5.41) is 9.69. The fourth-order valence-electron chi connectivity index (χ4n) is 2.20. The first-order valence-electron chi connectivity index (χ1n) is 7.56. The highest BCUT2D eigenvalue weighted by Gasteiger charge is 1.97. The Morgan fingerprint density at radius 1 is 0.739 bits per heavy atom. The molecule has 23 heavy (non-hydrogen) atoms. The molecule has 0 spiro atoms. The van der Waals surface area contributed by atoms with Gasteiger partial charge in [-0.25, -0.2) is 0 Å². The zero-order chi connectivity index (χ0) is 15.9. The number of benzene rings is 3. The minimum Gasteiger partial charge on any atom is -0.356 e. The minimum atomic E-state index is 1.06. The fraction of sp³-hybridized carbons (Fsp3) is 0.0500. The molecule has 0 bridgehead atoms. The highest BCUT2D eigenvalue weighted by atomic mass is 15.4. The van der Waals surface area contributed by atoms with Crippen LogP contribution in [0.15, 0.2) is 90.0 Å². The van der Waals surface area contributed by atoms with Crippen LogP contribution in [0.4, 0.5) is 17.1 Å². The van der Waals surface area contributed by atoms with Crippen molar-refractivity contribution in [3.63, 3.8) is 0 Å². The molecule has 0 aromatic heterocycles. The van der Waals surface area contributed by atoms with Crippen LogP contribution in [0.5, 0.6) is 0 Å². The SMILES string of the molecule is CN(/N=C/c1ccc(Nc2ccccc2)cc1)c1ccccc1. The summed E-state index contributed by atoms with van der Waals surface area (Å²) >= 11 is 0. The van der Waals surface area contributed by atoms with Crippen molar-refractivity contribution < 1.29 is 0 Å². The topological polar surface area (TPSA) is 27.6 Å². The molecule has 0 radical (unpaired) electrons. The van der Waals surface area contributed by atoms with Crippen molar-refractivity contribution in [3.05, 3.63) is 90.5 Å². The molecule has 1 N–H and O–H groups in total. The normalized spacial score (nSPS) is 10.7. The third-order valence-corrected chi connectivity index (χ3v) is 3.48. The van der Waals surface area contributed by atoms with E-state index in [-0.39, 0.29) is 0 Å². The molecule has 0 aliphatic heterocycles. The molecule has 3 heteroatoms. The maximum absolute atomic E-state index is 4.47. The number of nitrogens with zero attached hydrogens (tertiary/aromatic N) is 2. The van der Waals surface area contributed by atoms with Crippen LogP contribution in [0.3, 0.4) is 0 Å². The molecule has 0 amide bonds. The van der Waals surface area contributed by atoms with Crippen LogP contribution in [0.25, 0.3) is 0 Å². The lowest BCUT2D eigenvalue weighted by Crippen LogP contribution is -2.08. The van der Waals surface area contributed by atoms with Crippen molar-refractivity contribution in [1.29, 1.82) is 0 Å². The number of nitrogens with one attached hydrogen (secondary N) is 1. The van der Waals surface area contributed by atoms with Crippen LogP contribution in [-0.2, 0) is 0 Å². The average molecular weight is 301 g/mol. The molecular weight excluding hydrogens is 282 g/mol. The van der Waals surface area contributed by atoms with Gasteiger partial charge < -0.3 is 5.32 Å². The number of hydrogen-bond donors (Lipinski definition) is 1. The summed E-state index contributed by atoms with van der Waals surface area (Å²) < 4.78 is 0. The second kappa shape index (κ2) is 7.27. The van der Waals surface area contributed by atoms with Crippen LogP contribution >= 0.6 is 0 Å². The molecule has 3 rings (SSSR count). The molecule has 0 aliphatic rings. The van der Waals surface area contributed by atoms with E-state index in [1.807, 2.05) is 91.1 Å². The molecular formula is C20H19N3. The molecule has 0 saturated carbocycles. The van der Waals surface area contributed by atoms with Crippen LogP contribution in [0.1, 0.15) is 5.56 Å². The quantitative estimate of drug-likeness (QED) is 0.536. The largest absolute Gasteiger partial charge is 0.356 e. The summed E-state index contributed by atoms with van der Waals surface area (Å²) in [7, 11) is 1.94. The van der Waals surface area contributed by atoms with E-state index >= 15 is 0 Å². The molecule has 0 heterocycles. The molecule has 0 aliphatic carbocycles.